The molecule has 1 aliphatic rings. The molecule has 2 aromatic carbocycles. The summed E-state index contributed by atoms with van der Waals surface area (Å²) < 4.78 is 2.06. The molecule has 4 rings (SSSR count). The number of nitrogens with zero attached hydrogens (tertiary/aromatic N) is 3. The SMILES string of the molecule is CCc1nc2ccccc2n1CC(=O)N1CCc2cccc(C)c21. The molecule has 2 heterocycles. The first-order chi connectivity index (χ1) is 11.7. The van der Waals surface area contributed by atoms with E-state index in [4.69, 9.17) is 0 Å². The third kappa shape index (κ3) is 2.30. The van der Waals surface area contributed by atoms with E-state index in [1.807, 2.05) is 29.2 Å². The predicted molar refractivity (Wildman–Crippen MR) is 96.3 cm³/mol. The van der Waals surface area contributed by atoms with Crippen molar-refractivity contribution in [3.8, 4) is 0 Å². The summed E-state index contributed by atoms with van der Waals surface area (Å²) in [4.78, 5) is 19.6. The molecule has 0 saturated heterocycles. The number of aryl methyl sites for hydroxylation is 2. The first-order valence-electron chi connectivity index (χ1n) is 8.52. The van der Waals surface area contributed by atoms with Gasteiger partial charge in [-0.1, -0.05) is 37.3 Å². The van der Waals surface area contributed by atoms with Crippen molar-refractivity contribution in [1.29, 1.82) is 0 Å². The average Bonchev–Trinajstić information content (AvgIpc) is 3.17. The van der Waals surface area contributed by atoms with E-state index in [2.05, 4.69) is 41.6 Å². The monoisotopic (exact) mass is 319 g/mol. The van der Waals surface area contributed by atoms with E-state index >= 15 is 0 Å². The number of carbonyl (C=O) groups excluding carboxylic acids is 1. The Balaban J connectivity index is 1.69. The zero-order valence-corrected chi connectivity index (χ0v) is 14.1. The normalized spacial score (nSPS) is 13.5. The first-order valence-corrected chi connectivity index (χ1v) is 8.52. The second-order valence-corrected chi connectivity index (χ2v) is 6.33. The van der Waals surface area contributed by atoms with Crippen molar-refractivity contribution < 1.29 is 4.79 Å². The summed E-state index contributed by atoms with van der Waals surface area (Å²) in [7, 11) is 0. The van der Waals surface area contributed by atoms with Crippen LogP contribution in [0.3, 0.4) is 0 Å². The van der Waals surface area contributed by atoms with Gasteiger partial charge in [0.2, 0.25) is 5.91 Å². The maximum absolute atomic E-state index is 13.0. The van der Waals surface area contributed by atoms with Gasteiger partial charge in [0.25, 0.3) is 0 Å². The van der Waals surface area contributed by atoms with Crippen molar-refractivity contribution in [2.45, 2.75) is 33.2 Å². The topological polar surface area (TPSA) is 38.1 Å². The summed E-state index contributed by atoms with van der Waals surface area (Å²) in [5, 5.41) is 0. The zero-order chi connectivity index (χ0) is 16.7. The van der Waals surface area contributed by atoms with Crippen molar-refractivity contribution in [2.24, 2.45) is 0 Å². The van der Waals surface area contributed by atoms with Gasteiger partial charge in [0, 0.05) is 18.7 Å². The Labute approximate surface area is 141 Å². The third-order valence-electron chi connectivity index (χ3n) is 4.84. The molecule has 0 spiro atoms. The molecule has 122 valence electrons. The lowest BCUT2D eigenvalue weighted by Gasteiger charge is -2.20. The minimum atomic E-state index is 0.140. The van der Waals surface area contributed by atoms with Crippen LogP contribution >= 0.6 is 0 Å². The fraction of sp³-hybridized carbons (Fsp3) is 0.300. The molecule has 4 nitrogen and oxygen atoms in total. The Kier molecular flexibility index (Phi) is 3.60. The molecular weight excluding hydrogens is 298 g/mol. The molecule has 0 aliphatic carbocycles. The highest BCUT2D eigenvalue weighted by Crippen LogP contribution is 2.31. The number of para-hydroxylation sites is 3. The van der Waals surface area contributed by atoms with Crippen LogP contribution in [-0.2, 0) is 24.2 Å². The summed E-state index contributed by atoms with van der Waals surface area (Å²) in [6.07, 6.45) is 1.76. The lowest BCUT2D eigenvalue weighted by molar-refractivity contribution is -0.119. The molecule has 24 heavy (non-hydrogen) atoms. The van der Waals surface area contributed by atoms with Gasteiger partial charge in [-0.05, 0) is 36.6 Å². The number of rotatable bonds is 3. The molecule has 1 aromatic heterocycles. The van der Waals surface area contributed by atoms with E-state index < -0.39 is 0 Å². The van der Waals surface area contributed by atoms with E-state index in [9.17, 15) is 4.79 Å². The fourth-order valence-electron chi connectivity index (χ4n) is 3.69. The van der Waals surface area contributed by atoms with Crippen LogP contribution < -0.4 is 4.90 Å². The van der Waals surface area contributed by atoms with Crippen LogP contribution in [0.2, 0.25) is 0 Å². The van der Waals surface area contributed by atoms with Gasteiger partial charge in [-0.25, -0.2) is 4.98 Å². The maximum atomic E-state index is 13.0. The van der Waals surface area contributed by atoms with Crippen LogP contribution in [0.25, 0.3) is 11.0 Å². The number of hydrogen-bond acceptors (Lipinski definition) is 2. The Morgan fingerprint density at radius 3 is 2.83 bits per heavy atom. The number of benzene rings is 2. The van der Waals surface area contributed by atoms with Gasteiger partial charge >= 0.3 is 0 Å². The molecule has 0 atom stereocenters. The van der Waals surface area contributed by atoms with Crippen molar-refractivity contribution >= 4 is 22.6 Å². The van der Waals surface area contributed by atoms with Gasteiger partial charge in [0.15, 0.2) is 0 Å². The predicted octanol–water partition coefficient (Wildman–Crippen LogP) is 3.50. The van der Waals surface area contributed by atoms with Gasteiger partial charge in [0.1, 0.15) is 12.4 Å². The molecule has 0 N–H and O–H groups in total. The number of imidazole rings is 1. The molecule has 0 unspecified atom stereocenters. The summed E-state index contributed by atoms with van der Waals surface area (Å²) in [6, 6.07) is 14.3. The summed E-state index contributed by atoms with van der Waals surface area (Å²) >= 11 is 0. The smallest absolute Gasteiger partial charge is 0.247 e. The van der Waals surface area contributed by atoms with E-state index in [1.54, 1.807) is 0 Å². The quantitative estimate of drug-likeness (QED) is 0.741. The number of amides is 1. The van der Waals surface area contributed by atoms with Gasteiger partial charge in [-0.3, -0.25) is 4.79 Å². The van der Waals surface area contributed by atoms with E-state index in [-0.39, 0.29) is 5.91 Å². The van der Waals surface area contributed by atoms with Crippen molar-refractivity contribution in [3.05, 3.63) is 59.4 Å². The van der Waals surface area contributed by atoms with Crippen LogP contribution in [-0.4, -0.2) is 22.0 Å². The molecule has 0 saturated carbocycles. The highest BCUT2D eigenvalue weighted by atomic mass is 16.2. The number of carbonyl (C=O) groups is 1. The standard InChI is InChI=1S/C20H21N3O/c1-3-18-21-16-9-4-5-10-17(16)23(18)13-19(24)22-12-11-15-8-6-7-14(2)20(15)22/h4-10H,3,11-13H2,1-2H3. The Morgan fingerprint density at radius 1 is 1.17 bits per heavy atom. The number of aromatic nitrogens is 2. The van der Waals surface area contributed by atoms with E-state index in [0.29, 0.717) is 6.54 Å². The molecule has 0 bridgehead atoms. The summed E-state index contributed by atoms with van der Waals surface area (Å²) in [5.41, 5.74) is 5.54. The maximum Gasteiger partial charge on any atom is 0.247 e. The minimum absolute atomic E-state index is 0.140. The second-order valence-electron chi connectivity index (χ2n) is 6.33. The highest BCUT2D eigenvalue weighted by Gasteiger charge is 2.26. The largest absolute Gasteiger partial charge is 0.318 e. The van der Waals surface area contributed by atoms with Crippen molar-refractivity contribution in [2.75, 3.05) is 11.4 Å². The van der Waals surface area contributed by atoms with Crippen LogP contribution in [0.5, 0.6) is 0 Å². The fourth-order valence-corrected chi connectivity index (χ4v) is 3.69. The summed E-state index contributed by atoms with van der Waals surface area (Å²) in [6.45, 7) is 5.27. The van der Waals surface area contributed by atoms with Gasteiger partial charge in [-0.2, -0.15) is 0 Å². The lowest BCUT2D eigenvalue weighted by atomic mass is 10.1. The second kappa shape index (κ2) is 5.78. The van der Waals surface area contributed by atoms with Crippen LogP contribution in [0.4, 0.5) is 5.69 Å². The van der Waals surface area contributed by atoms with E-state index in [0.717, 1.165) is 41.9 Å². The van der Waals surface area contributed by atoms with Crippen LogP contribution in [0.1, 0.15) is 23.9 Å². The molecule has 4 heteroatoms. The van der Waals surface area contributed by atoms with Gasteiger partial charge < -0.3 is 9.47 Å². The number of hydrogen-bond donors (Lipinski definition) is 0. The van der Waals surface area contributed by atoms with Crippen molar-refractivity contribution in [3.63, 3.8) is 0 Å². The third-order valence-corrected chi connectivity index (χ3v) is 4.84. The lowest BCUT2D eigenvalue weighted by Crippen LogP contribution is -2.33. The molecule has 0 fully saturated rings. The number of fused-ring (bicyclic) bond motifs is 2. The van der Waals surface area contributed by atoms with Crippen LogP contribution in [0.15, 0.2) is 42.5 Å². The van der Waals surface area contributed by atoms with Crippen molar-refractivity contribution in [1.82, 2.24) is 9.55 Å². The molecule has 0 radical (unpaired) electrons. The first kappa shape index (κ1) is 14.9. The molecular formula is C20H21N3O. The van der Waals surface area contributed by atoms with Gasteiger partial charge in [-0.15, -0.1) is 0 Å². The number of anilines is 1. The van der Waals surface area contributed by atoms with E-state index in [1.165, 1.54) is 11.1 Å². The Morgan fingerprint density at radius 2 is 2.00 bits per heavy atom. The molecule has 1 aliphatic heterocycles. The van der Waals surface area contributed by atoms with Gasteiger partial charge in [0.05, 0.1) is 11.0 Å². The Bertz CT molecular complexity index is 926. The minimum Gasteiger partial charge on any atom is -0.318 e. The summed E-state index contributed by atoms with van der Waals surface area (Å²) in [5.74, 6) is 1.11. The average molecular weight is 319 g/mol. The highest BCUT2D eigenvalue weighted by molar-refractivity contribution is 5.97. The molecule has 1 amide bonds. The zero-order valence-electron chi connectivity index (χ0n) is 14.1. The molecule has 3 aromatic rings. The van der Waals surface area contributed by atoms with Crippen LogP contribution in [0, 0.1) is 6.92 Å². The Hall–Kier alpha value is -2.62.